The van der Waals surface area contributed by atoms with Crippen LogP contribution in [0, 0.1) is 6.92 Å². The normalized spacial score (nSPS) is 26.6. The molecule has 0 unspecified atom stereocenters. The van der Waals surface area contributed by atoms with Gasteiger partial charge < -0.3 is 19.9 Å². The molecule has 4 rings (SSSR count). The molecule has 0 saturated carbocycles. The average Bonchev–Trinajstić information content (AvgIpc) is 3.15. The molecule has 0 radical (unpaired) electrons. The van der Waals surface area contributed by atoms with Crippen LogP contribution in [0.25, 0.3) is 0 Å². The Morgan fingerprint density at radius 2 is 2.20 bits per heavy atom. The van der Waals surface area contributed by atoms with Gasteiger partial charge in [0.15, 0.2) is 0 Å². The van der Waals surface area contributed by atoms with E-state index in [2.05, 4.69) is 31.3 Å². The largest absolute Gasteiger partial charge is 0.377 e. The summed E-state index contributed by atoms with van der Waals surface area (Å²) in [5.41, 5.74) is 5.57. The van der Waals surface area contributed by atoms with Crippen molar-refractivity contribution in [1.29, 1.82) is 0 Å². The number of amides is 2. The Morgan fingerprint density at radius 1 is 1.32 bits per heavy atom. The van der Waals surface area contributed by atoms with E-state index in [9.17, 15) is 4.79 Å². The molecule has 3 aliphatic rings. The molecule has 0 aliphatic carbocycles. The van der Waals surface area contributed by atoms with Crippen LogP contribution < -0.4 is 5.32 Å². The zero-order valence-corrected chi connectivity index (χ0v) is 15.4. The van der Waals surface area contributed by atoms with Crippen LogP contribution in [0.4, 0.5) is 4.79 Å². The third-order valence-corrected chi connectivity index (χ3v) is 5.84. The highest BCUT2D eigenvalue weighted by Gasteiger charge is 2.32. The number of ether oxygens (including phenoxy) is 1. The highest BCUT2D eigenvalue weighted by Crippen LogP contribution is 2.33. The molecule has 5 nitrogen and oxygen atoms in total. The van der Waals surface area contributed by atoms with Gasteiger partial charge in [0.05, 0.1) is 19.3 Å². The Hall–Kier alpha value is -1.59. The van der Waals surface area contributed by atoms with E-state index < -0.39 is 0 Å². The molecule has 2 saturated heterocycles. The highest BCUT2D eigenvalue weighted by molar-refractivity contribution is 5.75. The van der Waals surface area contributed by atoms with Gasteiger partial charge in [-0.2, -0.15) is 0 Å². The Labute approximate surface area is 150 Å². The number of carbonyl (C=O) groups is 1. The molecule has 5 heteroatoms. The molecule has 1 N–H and O–H groups in total. The zero-order chi connectivity index (χ0) is 17.4. The van der Waals surface area contributed by atoms with Gasteiger partial charge in [-0.05, 0) is 56.3 Å². The smallest absolute Gasteiger partial charge is 0.320 e. The van der Waals surface area contributed by atoms with Crippen molar-refractivity contribution in [3.05, 3.63) is 34.4 Å². The van der Waals surface area contributed by atoms with E-state index in [1.54, 1.807) is 0 Å². The van der Waals surface area contributed by atoms with Gasteiger partial charge in [0.25, 0.3) is 0 Å². The minimum atomic E-state index is 0.164. The summed E-state index contributed by atoms with van der Waals surface area (Å²) < 4.78 is 5.48. The highest BCUT2D eigenvalue weighted by atomic mass is 16.5. The molecule has 1 aromatic rings. The first-order valence-corrected chi connectivity index (χ1v) is 9.62. The molecule has 2 amide bonds. The van der Waals surface area contributed by atoms with Crippen molar-refractivity contribution in [2.75, 3.05) is 32.8 Å². The molecular formula is C20H29N3O2. The van der Waals surface area contributed by atoms with Crippen molar-refractivity contribution in [2.24, 2.45) is 0 Å². The van der Waals surface area contributed by atoms with Crippen LogP contribution in [0.1, 0.15) is 48.1 Å². The van der Waals surface area contributed by atoms with Crippen molar-refractivity contribution in [2.45, 2.75) is 51.7 Å². The lowest BCUT2D eigenvalue weighted by molar-refractivity contribution is 0.00934. The van der Waals surface area contributed by atoms with Crippen LogP contribution in [-0.4, -0.2) is 54.7 Å². The Kier molecular flexibility index (Phi) is 4.69. The van der Waals surface area contributed by atoms with Crippen molar-refractivity contribution in [3.63, 3.8) is 0 Å². The number of rotatable bonds is 1. The van der Waals surface area contributed by atoms with Crippen molar-refractivity contribution in [3.8, 4) is 0 Å². The Balaban J connectivity index is 1.58. The third kappa shape index (κ3) is 3.27. The summed E-state index contributed by atoms with van der Waals surface area (Å²) in [4.78, 5) is 17.1. The maximum absolute atomic E-state index is 13.1. The molecule has 2 fully saturated rings. The van der Waals surface area contributed by atoms with E-state index in [4.69, 9.17) is 4.74 Å². The van der Waals surface area contributed by atoms with Gasteiger partial charge in [-0.15, -0.1) is 0 Å². The number of nitrogens with zero attached hydrogens (tertiary/aromatic N) is 2. The van der Waals surface area contributed by atoms with Gasteiger partial charge in [-0.25, -0.2) is 4.79 Å². The summed E-state index contributed by atoms with van der Waals surface area (Å²) in [6.45, 7) is 8.92. The fourth-order valence-corrected chi connectivity index (χ4v) is 4.48. The van der Waals surface area contributed by atoms with Crippen molar-refractivity contribution < 1.29 is 9.53 Å². The van der Waals surface area contributed by atoms with E-state index in [1.165, 1.54) is 35.1 Å². The molecule has 0 bridgehead atoms. The number of aryl methyl sites for hydroxylation is 1. The van der Waals surface area contributed by atoms with Gasteiger partial charge in [-0.1, -0.05) is 17.7 Å². The molecular weight excluding hydrogens is 314 g/mol. The van der Waals surface area contributed by atoms with E-state index in [-0.39, 0.29) is 12.1 Å². The Bertz CT molecular complexity index is 655. The predicted octanol–water partition coefficient (Wildman–Crippen LogP) is 2.62. The molecule has 136 valence electrons. The van der Waals surface area contributed by atoms with E-state index in [0.29, 0.717) is 25.8 Å². The third-order valence-electron chi connectivity index (χ3n) is 5.84. The average molecular weight is 343 g/mol. The summed E-state index contributed by atoms with van der Waals surface area (Å²) in [5.74, 6) is 0. The first kappa shape index (κ1) is 16.9. The minimum Gasteiger partial charge on any atom is -0.377 e. The predicted molar refractivity (Wildman–Crippen MR) is 97.7 cm³/mol. The van der Waals surface area contributed by atoms with E-state index >= 15 is 0 Å². The molecule has 0 aromatic heterocycles. The summed E-state index contributed by atoms with van der Waals surface area (Å²) in [6, 6.07) is 5.43. The first-order chi connectivity index (χ1) is 12.1. The van der Waals surface area contributed by atoms with E-state index in [0.717, 1.165) is 26.1 Å². The standard InChI is InChI=1S/C20H29N3O2/c1-14-10-16-5-7-22(20(24)23-8-9-25-13-15(23)2)12-18(16)17(11-14)19-4-3-6-21-19/h10-11,15,19,21H,3-9,12-13H2,1-2H3/t15-,19+/m1/s1. The molecule has 3 aliphatic heterocycles. The second-order valence-electron chi connectivity index (χ2n) is 7.71. The van der Waals surface area contributed by atoms with Crippen molar-refractivity contribution in [1.82, 2.24) is 15.1 Å². The summed E-state index contributed by atoms with van der Waals surface area (Å²) in [6.07, 6.45) is 3.40. The second kappa shape index (κ2) is 6.96. The van der Waals surface area contributed by atoms with E-state index in [1.807, 2.05) is 9.80 Å². The number of hydrogen-bond acceptors (Lipinski definition) is 3. The maximum atomic E-state index is 13.1. The lowest BCUT2D eigenvalue weighted by atomic mass is 9.89. The van der Waals surface area contributed by atoms with Gasteiger partial charge in [-0.3, -0.25) is 0 Å². The number of fused-ring (bicyclic) bond motifs is 1. The number of benzene rings is 1. The summed E-state index contributed by atoms with van der Waals surface area (Å²) in [7, 11) is 0. The molecule has 3 heterocycles. The second-order valence-corrected chi connectivity index (χ2v) is 7.71. The van der Waals surface area contributed by atoms with Crippen molar-refractivity contribution >= 4 is 6.03 Å². The monoisotopic (exact) mass is 343 g/mol. The van der Waals surface area contributed by atoms with Crippen LogP contribution >= 0.6 is 0 Å². The minimum absolute atomic E-state index is 0.164. The number of hydrogen-bond donors (Lipinski definition) is 1. The summed E-state index contributed by atoms with van der Waals surface area (Å²) in [5, 5.41) is 3.63. The van der Waals surface area contributed by atoms with Gasteiger partial charge in [0.2, 0.25) is 0 Å². The quantitative estimate of drug-likeness (QED) is 0.852. The van der Waals surface area contributed by atoms with Crippen LogP contribution in [0.2, 0.25) is 0 Å². The lowest BCUT2D eigenvalue weighted by Crippen LogP contribution is -2.53. The fourth-order valence-electron chi connectivity index (χ4n) is 4.48. The SMILES string of the molecule is Cc1cc2c(c([C@@H]3CCCN3)c1)CN(C(=O)N1CCOC[C@H]1C)CC2. The van der Waals surface area contributed by atoms with Gasteiger partial charge in [0.1, 0.15) is 0 Å². The molecule has 1 aromatic carbocycles. The number of nitrogens with one attached hydrogen (secondary N) is 1. The fraction of sp³-hybridized carbons (Fsp3) is 0.650. The van der Waals surface area contributed by atoms with Crippen LogP contribution in [0.15, 0.2) is 12.1 Å². The number of morpholine rings is 1. The number of carbonyl (C=O) groups excluding carboxylic acids is 1. The summed E-state index contributed by atoms with van der Waals surface area (Å²) >= 11 is 0. The lowest BCUT2D eigenvalue weighted by Gasteiger charge is -2.39. The molecule has 2 atom stereocenters. The maximum Gasteiger partial charge on any atom is 0.320 e. The van der Waals surface area contributed by atoms with Crippen LogP contribution in [0.3, 0.4) is 0 Å². The van der Waals surface area contributed by atoms with Gasteiger partial charge in [0, 0.05) is 25.7 Å². The Morgan fingerprint density at radius 3 is 2.96 bits per heavy atom. The van der Waals surface area contributed by atoms with Crippen LogP contribution in [0.5, 0.6) is 0 Å². The van der Waals surface area contributed by atoms with Gasteiger partial charge >= 0.3 is 6.03 Å². The zero-order valence-electron chi connectivity index (χ0n) is 15.4. The molecule has 25 heavy (non-hydrogen) atoms. The molecule has 0 spiro atoms. The van der Waals surface area contributed by atoms with Crippen LogP contribution in [-0.2, 0) is 17.7 Å². The first-order valence-electron chi connectivity index (χ1n) is 9.62. The topological polar surface area (TPSA) is 44.8 Å². The number of urea groups is 1.